The minimum atomic E-state index is -1.30. The zero-order chi connectivity index (χ0) is 18.1. The van der Waals surface area contributed by atoms with Gasteiger partial charge < -0.3 is 10.1 Å². The molecule has 0 aliphatic heterocycles. The summed E-state index contributed by atoms with van der Waals surface area (Å²) in [4.78, 5) is 24.4. The maximum atomic E-state index is 12.2. The van der Waals surface area contributed by atoms with Crippen molar-refractivity contribution in [2.75, 3.05) is 12.4 Å². The largest absolute Gasteiger partial charge is 0.497 e. The topological polar surface area (TPSA) is 79.2 Å². The van der Waals surface area contributed by atoms with E-state index in [0.29, 0.717) is 17.9 Å². The maximum absolute atomic E-state index is 12.2. The van der Waals surface area contributed by atoms with Gasteiger partial charge in [-0.25, -0.2) is 0 Å². The summed E-state index contributed by atoms with van der Waals surface area (Å²) < 4.78 is 5.08. The standard InChI is InChI=1S/C20H20N2O3/c1-25-17-11-6-10-16(13-17)22-20(24)18(14-21)19(23)12-5-9-15-7-3-2-4-8-15/h2-4,6-8,10-11,13,18H,5,9,12H2,1H3,(H,22,24). The number of anilines is 1. The molecule has 0 saturated carbocycles. The van der Waals surface area contributed by atoms with E-state index in [1.54, 1.807) is 30.3 Å². The van der Waals surface area contributed by atoms with E-state index in [1.165, 1.54) is 7.11 Å². The van der Waals surface area contributed by atoms with Gasteiger partial charge in [0.25, 0.3) is 0 Å². The highest BCUT2D eigenvalue weighted by Crippen LogP contribution is 2.18. The Hall–Kier alpha value is -3.13. The third-order valence-corrected chi connectivity index (χ3v) is 3.78. The zero-order valence-electron chi connectivity index (χ0n) is 14.1. The number of nitriles is 1. The fourth-order valence-electron chi connectivity index (χ4n) is 2.45. The molecule has 2 aromatic carbocycles. The average Bonchev–Trinajstić information content (AvgIpc) is 2.63. The molecule has 0 saturated heterocycles. The lowest BCUT2D eigenvalue weighted by molar-refractivity contribution is -0.128. The van der Waals surface area contributed by atoms with E-state index in [4.69, 9.17) is 4.74 Å². The van der Waals surface area contributed by atoms with E-state index < -0.39 is 11.8 Å². The van der Waals surface area contributed by atoms with Crippen molar-refractivity contribution in [2.45, 2.75) is 19.3 Å². The predicted octanol–water partition coefficient (Wildman–Crippen LogP) is 3.37. The SMILES string of the molecule is COc1cccc(NC(=O)C(C#N)C(=O)CCCc2ccccc2)c1. The van der Waals surface area contributed by atoms with Gasteiger partial charge in [0.05, 0.1) is 13.2 Å². The van der Waals surface area contributed by atoms with Crippen molar-refractivity contribution in [3.8, 4) is 11.8 Å². The van der Waals surface area contributed by atoms with Crippen LogP contribution in [0.3, 0.4) is 0 Å². The second-order valence-electron chi connectivity index (χ2n) is 5.59. The summed E-state index contributed by atoms with van der Waals surface area (Å²) in [5, 5.41) is 11.8. The van der Waals surface area contributed by atoms with Gasteiger partial charge in [0.1, 0.15) is 5.75 Å². The summed E-state index contributed by atoms with van der Waals surface area (Å²) >= 11 is 0. The van der Waals surface area contributed by atoms with Crippen molar-refractivity contribution in [1.29, 1.82) is 5.26 Å². The van der Waals surface area contributed by atoms with E-state index >= 15 is 0 Å². The molecular formula is C20H20N2O3. The third-order valence-electron chi connectivity index (χ3n) is 3.78. The number of carbonyl (C=O) groups excluding carboxylic acids is 2. The maximum Gasteiger partial charge on any atom is 0.249 e. The molecular weight excluding hydrogens is 316 g/mol. The van der Waals surface area contributed by atoms with E-state index in [9.17, 15) is 14.9 Å². The number of hydrogen-bond acceptors (Lipinski definition) is 4. The quantitative estimate of drug-likeness (QED) is 0.750. The summed E-state index contributed by atoms with van der Waals surface area (Å²) in [6.07, 6.45) is 1.54. The zero-order valence-corrected chi connectivity index (χ0v) is 14.1. The van der Waals surface area contributed by atoms with Crippen molar-refractivity contribution in [3.05, 3.63) is 60.2 Å². The lowest BCUT2D eigenvalue weighted by atomic mass is 9.98. The first-order chi connectivity index (χ1) is 12.1. The van der Waals surface area contributed by atoms with Crippen LogP contribution in [0.15, 0.2) is 54.6 Å². The fraction of sp³-hybridized carbons (Fsp3) is 0.250. The van der Waals surface area contributed by atoms with Gasteiger partial charge in [-0.1, -0.05) is 36.4 Å². The van der Waals surface area contributed by atoms with Gasteiger partial charge >= 0.3 is 0 Å². The minimum absolute atomic E-state index is 0.193. The van der Waals surface area contributed by atoms with Gasteiger partial charge in [0.2, 0.25) is 5.91 Å². The molecule has 1 N–H and O–H groups in total. The first kappa shape index (κ1) is 18.2. The Bertz CT molecular complexity index is 766. The van der Waals surface area contributed by atoms with E-state index in [0.717, 1.165) is 12.0 Å². The Morgan fingerprint density at radius 1 is 1.16 bits per heavy atom. The van der Waals surface area contributed by atoms with Crippen LogP contribution < -0.4 is 10.1 Å². The van der Waals surface area contributed by atoms with Crippen LogP contribution in [0.4, 0.5) is 5.69 Å². The van der Waals surface area contributed by atoms with Gasteiger partial charge in [-0.15, -0.1) is 0 Å². The normalized spacial score (nSPS) is 11.2. The van der Waals surface area contributed by atoms with Gasteiger partial charge in [-0.3, -0.25) is 9.59 Å². The number of rotatable bonds is 8. The van der Waals surface area contributed by atoms with E-state index in [1.807, 2.05) is 30.3 Å². The Labute approximate surface area is 147 Å². The van der Waals surface area contributed by atoms with Gasteiger partial charge in [0, 0.05) is 18.2 Å². The second-order valence-corrected chi connectivity index (χ2v) is 5.59. The smallest absolute Gasteiger partial charge is 0.249 e. The van der Waals surface area contributed by atoms with Crippen LogP contribution >= 0.6 is 0 Å². The number of nitrogens with one attached hydrogen (secondary N) is 1. The molecule has 0 aliphatic rings. The van der Waals surface area contributed by atoms with E-state index in [2.05, 4.69) is 5.32 Å². The molecule has 1 atom stereocenters. The van der Waals surface area contributed by atoms with Crippen molar-refractivity contribution in [3.63, 3.8) is 0 Å². The van der Waals surface area contributed by atoms with Crippen LogP contribution in [0.2, 0.25) is 0 Å². The molecule has 5 heteroatoms. The Balaban J connectivity index is 1.90. The molecule has 0 spiro atoms. The van der Waals surface area contributed by atoms with Crippen molar-refractivity contribution >= 4 is 17.4 Å². The first-order valence-corrected chi connectivity index (χ1v) is 8.05. The number of ketones is 1. The molecule has 0 bridgehead atoms. The Morgan fingerprint density at radius 2 is 1.92 bits per heavy atom. The number of benzene rings is 2. The third kappa shape index (κ3) is 5.47. The number of Topliss-reactive ketones (excluding diaryl/α,β-unsaturated/α-hetero) is 1. The minimum Gasteiger partial charge on any atom is -0.497 e. The fourth-order valence-corrected chi connectivity index (χ4v) is 2.45. The van der Waals surface area contributed by atoms with Gasteiger partial charge in [-0.2, -0.15) is 5.26 Å². The summed E-state index contributed by atoms with van der Waals surface area (Å²) in [6, 6.07) is 18.4. The van der Waals surface area contributed by atoms with E-state index in [-0.39, 0.29) is 12.2 Å². The summed E-state index contributed by atoms with van der Waals surface area (Å²) in [7, 11) is 1.52. The molecule has 0 aliphatic carbocycles. The highest BCUT2D eigenvalue weighted by atomic mass is 16.5. The van der Waals surface area contributed by atoms with Crippen LogP contribution in [-0.2, 0) is 16.0 Å². The molecule has 0 heterocycles. The first-order valence-electron chi connectivity index (χ1n) is 8.05. The summed E-state index contributed by atoms with van der Waals surface area (Å²) in [6.45, 7) is 0. The van der Waals surface area contributed by atoms with Crippen LogP contribution in [-0.4, -0.2) is 18.8 Å². The van der Waals surface area contributed by atoms with Crippen LogP contribution in [0, 0.1) is 17.2 Å². The van der Waals surface area contributed by atoms with Crippen LogP contribution in [0.5, 0.6) is 5.75 Å². The molecule has 0 aromatic heterocycles. The van der Waals surface area contributed by atoms with Crippen LogP contribution in [0.1, 0.15) is 18.4 Å². The highest BCUT2D eigenvalue weighted by molar-refractivity contribution is 6.09. The molecule has 25 heavy (non-hydrogen) atoms. The second kappa shape index (κ2) is 9.24. The lowest BCUT2D eigenvalue weighted by Crippen LogP contribution is -2.28. The Kier molecular flexibility index (Phi) is 6.73. The molecule has 5 nitrogen and oxygen atoms in total. The van der Waals surface area contributed by atoms with Crippen molar-refractivity contribution < 1.29 is 14.3 Å². The number of aryl methyl sites for hydroxylation is 1. The van der Waals surface area contributed by atoms with Gasteiger partial charge in [0.15, 0.2) is 11.7 Å². The monoisotopic (exact) mass is 336 g/mol. The molecule has 1 amide bonds. The number of methoxy groups -OCH3 is 1. The van der Waals surface area contributed by atoms with Crippen LogP contribution in [0.25, 0.3) is 0 Å². The van der Waals surface area contributed by atoms with Crippen molar-refractivity contribution in [1.82, 2.24) is 0 Å². The molecule has 2 aromatic rings. The molecule has 0 fully saturated rings. The number of hydrogen-bond donors (Lipinski definition) is 1. The van der Waals surface area contributed by atoms with Crippen molar-refractivity contribution in [2.24, 2.45) is 5.92 Å². The molecule has 0 radical (unpaired) electrons. The Morgan fingerprint density at radius 3 is 2.60 bits per heavy atom. The number of nitrogens with zero attached hydrogens (tertiary/aromatic N) is 1. The lowest BCUT2D eigenvalue weighted by Gasteiger charge is -2.10. The predicted molar refractivity (Wildman–Crippen MR) is 95.1 cm³/mol. The molecule has 1 unspecified atom stereocenters. The summed E-state index contributed by atoms with van der Waals surface area (Å²) in [5.74, 6) is -1.69. The average molecular weight is 336 g/mol. The number of amides is 1. The molecule has 2 rings (SSSR count). The number of carbonyl (C=O) groups is 2. The highest BCUT2D eigenvalue weighted by Gasteiger charge is 2.25. The molecule has 128 valence electrons. The van der Waals surface area contributed by atoms with Gasteiger partial charge in [-0.05, 0) is 30.5 Å². The summed E-state index contributed by atoms with van der Waals surface area (Å²) in [5.41, 5.74) is 1.62. The number of ether oxygens (including phenoxy) is 1.